The molecule has 8 heteroatoms. The molecule has 2 N–H and O–H groups in total. The van der Waals surface area contributed by atoms with Gasteiger partial charge in [-0.3, -0.25) is 19.4 Å². The van der Waals surface area contributed by atoms with E-state index in [4.69, 9.17) is 4.42 Å². The summed E-state index contributed by atoms with van der Waals surface area (Å²) in [7, 11) is 0. The summed E-state index contributed by atoms with van der Waals surface area (Å²) < 4.78 is 5.48. The summed E-state index contributed by atoms with van der Waals surface area (Å²) in [6.45, 7) is 1.69. The van der Waals surface area contributed by atoms with E-state index in [0.717, 1.165) is 5.56 Å². The Labute approximate surface area is 209 Å². The van der Waals surface area contributed by atoms with Gasteiger partial charge in [0.2, 0.25) is 5.91 Å². The quantitative estimate of drug-likeness (QED) is 0.373. The van der Waals surface area contributed by atoms with Gasteiger partial charge in [0.15, 0.2) is 0 Å². The minimum absolute atomic E-state index is 0.0291. The molecule has 4 rings (SSSR count). The lowest BCUT2D eigenvalue weighted by atomic mass is 10.0. The van der Waals surface area contributed by atoms with Crippen LogP contribution < -0.4 is 10.6 Å². The molecule has 8 nitrogen and oxygen atoms in total. The van der Waals surface area contributed by atoms with Crippen molar-refractivity contribution in [3.8, 4) is 0 Å². The maximum atomic E-state index is 13.6. The molecule has 0 saturated carbocycles. The molecule has 1 unspecified atom stereocenters. The Balaban J connectivity index is 1.62. The van der Waals surface area contributed by atoms with Gasteiger partial charge in [-0.1, -0.05) is 35.9 Å². The third-order valence-electron chi connectivity index (χ3n) is 5.56. The fraction of sp³-hybridized carbons (Fsp3) is 0.143. The Morgan fingerprint density at radius 2 is 1.64 bits per heavy atom. The van der Waals surface area contributed by atoms with Gasteiger partial charge in [0.25, 0.3) is 11.8 Å². The summed E-state index contributed by atoms with van der Waals surface area (Å²) in [5.74, 6) is -0.734. The van der Waals surface area contributed by atoms with Gasteiger partial charge in [-0.25, -0.2) is 0 Å². The Bertz CT molecular complexity index is 1290. The average Bonchev–Trinajstić information content (AvgIpc) is 3.42. The molecular weight excluding hydrogens is 456 g/mol. The van der Waals surface area contributed by atoms with Gasteiger partial charge < -0.3 is 20.0 Å². The van der Waals surface area contributed by atoms with E-state index < -0.39 is 17.9 Å². The Hall–Kier alpha value is -4.72. The summed E-state index contributed by atoms with van der Waals surface area (Å²) in [5.41, 5.74) is 2.67. The lowest BCUT2D eigenvalue weighted by Crippen LogP contribution is -2.45. The molecule has 3 amide bonds. The van der Waals surface area contributed by atoms with Crippen molar-refractivity contribution in [1.82, 2.24) is 15.2 Å². The maximum absolute atomic E-state index is 13.6. The van der Waals surface area contributed by atoms with E-state index in [1.165, 1.54) is 11.2 Å². The first-order chi connectivity index (χ1) is 17.5. The lowest BCUT2D eigenvalue weighted by molar-refractivity contribution is -0.139. The highest BCUT2D eigenvalue weighted by Crippen LogP contribution is 2.25. The molecule has 182 valence electrons. The van der Waals surface area contributed by atoms with E-state index in [2.05, 4.69) is 15.6 Å². The number of nitrogens with one attached hydrogen (secondary N) is 2. The van der Waals surface area contributed by atoms with E-state index in [9.17, 15) is 14.4 Å². The number of carbonyl (C=O) groups excluding carboxylic acids is 3. The molecule has 2 aromatic heterocycles. The van der Waals surface area contributed by atoms with Crippen LogP contribution in [0.2, 0.25) is 0 Å². The SMILES string of the molecule is Cc1ccc(NC(=O)C(c2ccncc2)N(Cc2ccco2)C(=O)CNC(=O)c2ccccc2)cc1. The van der Waals surface area contributed by atoms with E-state index in [-0.39, 0.29) is 19.0 Å². The van der Waals surface area contributed by atoms with Crippen molar-refractivity contribution in [3.05, 3.63) is 120 Å². The number of pyridine rings is 1. The smallest absolute Gasteiger partial charge is 0.251 e. The summed E-state index contributed by atoms with van der Waals surface area (Å²) in [5, 5.41) is 5.56. The molecular formula is C28H26N4O4. The van der Waals surface area contributed by atoms with E-state index in [1.54, 1.807) is 79.1 Å². The fourth-order valence-corrected chi connectivity index (χ4v) is 3.71. The predicted octanol–water partition coefficient (Wildman–Crippen LogP) is 4.12. The van der Waals surface area contributed by atoms with Gasteiger partial charge >= 0.3 is 0 Å². The minimum Gasteiger partial charge on any atom is -0.467 e. The van der Waals surface area contributed by atoms with E-state index in [1.807, 2.05) is 19.1 Å². The third kappa shape index (κ3) is 6.24. The molecule has 0 fully saturated rings. The normalized spacial score (nSPS) is 11.4. The van der Waals surface area contributed by atoms with Crippen molar-refractivity contribution in [2.45, 2.75) is 19.5 Å². The van der Waals surface area contributed by atoms with Crippen molar-refractivity contribution >= 4 is 23.4 Å². The topological polar surface area (TPSA) is 105 Å². The molecule has 0 bridgehead atoms. The molecule has 0 aliphatic carbocycles. The lowest BCUT2D eigenvalue weighted by Gasteiger charge is -2.31. The summed E-state index contributed by atoms with van der Waals surface area (Å²) in [6, 6.07) is 21.8. The van der Waals surface area contributed by atoms with Crippen LogP contribution in [0, 0.1) is 6.92 Å². The number of aromatic nitrogens is 1. The number of amides is 3. The molecule has 1 atom stereocenters. The zero-order chi connectivity index (χ0) is 25.3. The second-order valence-electron chi connectivity index (χ2n) is 8.19. The largest absolute Gasteiger partial charge is 0.467 e. The highest BCUT2D eigenvalue weighted by Gasteiger charge is 2.32. The average molecular weight is 483 g/mol. The van der Waals surface area contributed by atoms with Gasteiger partial charge in [0, 0.05) is 23.6 Å². The first kappa shape index (κ1) is 24.4. The van der Waals surface area contributed by atoms with Crippen LogP contribution in [0.15, 0.2) is 102 Å². The molecule has 36 heavy (non-hydrogen) atoms. The molecule has 0 spiro atoms. The number of rotatable bonds is 9. The number of benzene rings is 2. The van der Waals surface area contributed by atoms with Crippen LogP contribution in [0.25, 0.3) is 0 Å². The van der Waals surface area contributed by atoms with Crippen molar-refractivity contribution in [2.24, 2.45) is 0 Å². The number of anilines is 1. The molecule has 0 aliphatic heterocycles. The van der Waals surface area contributed by atoms with Crippen LogP contribution >= 0.6 is 0 Å². The second kappa shape index (κ2) is 11.6. The maximum Gasteiger partial charge on any atom is 0.251 e. The molecule has 0 saturated heterocycles. The van der Waals surface area contributed by atoms with Crippen molar-refractivity contribution in [2.75, 3.05) is 11.9 Å². The summed E-state index contributed by atoms with van der Waals surface area (Å²) >= 11 is 0. The summed E-state index contributed by atoms with van der Waals surface area (Å²) in [4.78, 5) is 45.1. The van der Waals surface area contributed by atoms with Crippen LogP contribution in [0.3, 0.4) is 0 Å². The Kier molecular flexibility index (Phi) is 7.87. The highest BCUT2D eigenvalue weighted by atomic mass is 16.3. The molecule has 0 radical (unpaired) electrons. The zero-order valence-corrected chi connectivity index (χ0v) is 19.8. The molecule has 4 aromatic rings. The van der Waals surface area contributed by atoms with Crippen LogP contribution in [-0.2, 0) is 16.1 Å². The first-order valence-electron chi connectivity index (χ1n) is 11.4. The number of hydrogen-bond acceptors (Lipinski definition) is 5. The number of furan rings is 1. The van der Waals surface area contributed by atoms with Gasteiger partial charge in [-0.15, -0.1) is 0 Å². The number of nitrogens with zero attached hydrogens (tertiary/aromatic N) is 2. The van der Waals surface area contributed by atoms with E-state index in [0.29, 0.717) is 22.6 Å². The molecule has 2 aromatic carbocycles. The number of carbonyl (C=O) groups is 3. The number of hydrogen-bond donors (Lipinski definition) is 2. The Morgan fingerprint density at radius 1 is 0.917 bits per heavy atom. The van der Waals surface area contributed by atoms with Crippen LogP contribution in [0.5, 0.6) is 0 Å². The summed E-state index contributed by atoms with van der Waals surface area (Å²) in [6.07, 6.45) is 4.63. The molecule has 2 heterocycles. The predicted molar refractivity (Wildman–Crippen MR) is 135 cm³/mol. The van der Waals surface area contributed by atoms with Gasteiger partial charge in [-0.05, 0) is 61.0 Å². The fourth-order valence-electron chi connectivity index (χ4n) is 3.71. The van der Waals surface area contributed by atoms with Crippen LogP contribution in [0.4, 0.5) is 5.69 Å². The van der Waals surface area contributed by atoms with Crippen molar-refractivity contribution < 1.29 is 18.8 Å². The minimum atomic E-state index is -1.000. The number of aryl methyl sites for hydroxylation is 1. The standard InChI is InChI=1S/C28H26N4O4/c1-20-9-11-23(12-10-20)31-28(35)26(21-13-15-29-16-14-21)32(19-24-8-5-17-36-24)25(33)18-30-27(34)22-6-3-2-4-7-22/h2-17,26H,18-19H2,1H3,(H,30,34)(H,31,35). The van der Waals surface area contributed by atoms with E-state index >= 15 is 0 Å². The van der Waals surface area contributed by atoms with Gasteiger partial charge in [-0.2, -0.15) is 0 Å². The van der Waals surface area contributed by atoms with Gasteiger partial charge in [0.1, 0.15) is 11.8 Å². The molecule has 0 aliphatic rings. The van der Waals surface area contributed by atoms with Crippen LogP contribution in [-0.4, -0.2) is 34.2 Å². The van der Waals surface area contributed by atoms with Crippen molar-refractivity contribution in [3.63, 3.8) is 0 Å². The van der Waals surface area contributed by atoms with Crippen LogP contribution in [0.1, 0.15) is 33.3 Å². The first-order valence-corrected chi connectivity index (χ1v) is 11.4. The zero-order valence-electron chi connectivity index (χ0n) is 19.8. The monoisotopic (exact) mass is 482 g/mol. The Morgan fingerprint density at radius 3 is 2.31 bits per heavy atom. The second-order valence-corrected chi connectivity index (χ2v) is 8.19. The third-order valence-corrected chi connectivity index (χ3v) is 5.56. The van der Waals surface area contributed by atoms with Crippen molar-refractivity contribution in [1.29, 1.82) is 0 Å². The highest BCUT2D eigenvalue weighted by molar-refractivity contribution is 5.99. The van der Waals surface area contributed by atoms with Gasteiger partial charge in [0.05, 0.1) is 19.4 Å².